The van der Waals surface area contributed by atoms with E-state index in [1.807, 2.05) is 30.5 Å². The third kappa shape index (κ3) is 5.12. The quantitative estimate of drug-likeness (QED) is 0.774. The lowest BCUT2D eigenvalue weighted by Gasteiger charge is -2.22. The second kappa shape index (κ2) is 9.45. The number of hydrogen-bond donors (Lipinski definition) is 1. The van der Waals surface area contributed by atoms with Crippen LogP contribution in [0.25, 0.3) is 0 Å². The molecule has 3 rings (SSSR count). The number of hydrogen-bond acceptors (Lipinski definition) is 5. The standard InChI is InChI=1S/C19H27N5O2/c1-26-12-11-23(14-17-6-2-3-9-21-17)19(25)15-24-10-7-18(22-24)16-5-4-8-20-13-16/h2-3,6-7,9-10,16,20H,4-5,8,11-15H2,1H3/t16-/m0/s1. The fraction of sp³-hybridized carbons (Fsp3) is 0.526. The van der Waals surface area contributed by atoms with Crippen molar-refractivity contribution in [2.75, 3.05) is 33.4 Å². The number of ether oxygens (including phenoxy) is 1. The highest BCUT2D eigenvalue weighted by Crippen LogP contribution is 2.21. The smallest absolute Gasteiger partial charge is 0.244 e. The van der Waals surface area contributed by atoms with Gasteiger partial charge in [-0.15, -0.1) is 0 Å². The van der Waals surface area contributed by atoms with E-state index in [9.17, 15) is 4.79 Å². The molecule has 7 heteroatoms. The second-order valence-corrected chi connectivity index (χ2v) is 6.61. The van der Waals surface area contributed by atoms with Gasteiger partial charge in [0.05, 0.1) is 24.5 Å². The average Bonchev–Trinajstić information content (AvgIpc) is 3.15. The van der Waals surface area contributed by atoms with Gasteiger partial charge in [-0.1, -0.05) is 6.07 Å². The molecule has 26 heavy (non-hydrogen) atoms. The van der Waals surface area contributed by atoms with E-state index >= 15 is 0 Å². The topological polar surface area (TPSA) is 72.3 Å². The first-order chi connectivity index (χ1) is 12.8. The molecule has 0 saturated carbocycles. The Morgan fingerprint density at radius 1 is 1.42 bits per heavy atom. The van der Waals surface area contributed by atoms with E-state index in [-0.39, 0.29) is 12.5 Å². The van der Waals surface area contributed by atoms with Crippen molar-refractivity contribution in [2.24, 2.45) is 0 Å². The maximum atomic E-state index is 12.8. The predicted octanol–water partition coefficient (Wildman–Crippen LogP) is 1.42. The summed E-state index contributed by atoms with van der Waals surface area (Å²) in [4.78, 5) is 18.9. The van der Waals surface area contributed by atoms with Gasteiger partial charge < -0.3 is 15.0 Å². The maximum absolute atomic E-state index is 12.8. The van der Waals surface area contributed by atoms with E-state index in [2.05, 4.69) is 15.4 Å². The van der Waals surface area contributed by atoms with Crippen LogP contribution in [0.2, 0.25) is 0 Å². The van der Waals surface area contributed by atoms with E-state index in [1.165, 1.54) is 6.42 Å². The minimum Gasteiger partial charge on any atom is -0.383 e. The van der Waals surface area contributed by atoms with E-state index < -0.39 is 0 Å². The number of piperidine rings is 1. The molecule has 1 atom stereocenters. The van der Waals surface area contributed by atoms with Crippen LogP contribution in [-0.2, 0) is 22.6 Å². The first kappa shape index (κ1) is 18.5. The highest BCUT2D eigenvalue weighted by Gasteiger charge is 2.19. The number of aromatic nitrogens is 3. The Morgan fingerprint density at radius 2 is 2.35 bits per heavy atom. The molecule has 7 nitrogen and oxygen atoms in total. The van der Waals surface area contributed by atoms with Crippen molar-refractivity contribution in [3.05, 3.63) is 48.0 Å². The number of carbonyl (C=O) groups excluding carboxylic acids is 1. The number of nitrogens with zero attached hydrogens (tertiary/aromatic N) is 4. The average molecular weight is 357 g/mol. The highest BCUT2D eigenvalue weighted by atomic mass is 16.5. The van der Waals surface area contributed by atoms with Gasteiger partial charge in [-0.25, -0.2) is 0 Å². The molecule has 140 valence electrons. The molecule has 1 aliphatic heterocycles. The SMILES string of the molecule is COCCN(Cc1ccccn1)C(=O)Cn1ccc([C@H]2CCCNC2)n1. The summed E-state index contributed by atoms with van der Waals surface area (Å²) in [6.45, 7) is 3.78. The third-order valence-corrected chi connectivity index (χ3v) is 4.67. The summed E-state index contributed by atoms with van der Waals surface area (Å²) >= 11 is 0. The molecule has 0 aromatic carbocycles. The zero-order valence-corrected chi connectivity index (χ0v) is 15.3. The minimum absolute atomic E-state index is 0.0177. The Hall–Kier alpha value is -2.25. The number of amides is 1. The molecule has 2 aromatic rings. The van der Waals surface area contributed by atoms with Crippen LogP contribution < -0.4 is 5.32 Å². The Balaban J connectivity index is 1.62. The normalized spacial score (nSPS) is 17.2. The first-order valence-corrected chi connectivity index (χ1v) is 9.17. The van der Waals surface area contributed by atoms with Gasteiger partial charge in [-0.3, -0.25) is 14.5 Å². The van der Waals surface area contributed by atoms with Crippen molar-refractivity contribution in [3.8, 4) is 0 Å². The molecule has 2 aromatic heterocycles. The van der Waals surface area contributed by atoms with Crippen molar-refractivity contribution in [2.45, 2.75) is 31.8 Å². The number of nitrogens with one attached hydrogen (secondary N) is 1. The van der Waals surface area contributed by atoms with Gasteiger partial charge in [-0.2, -0.15) is 5.10 Å². The molecular weight excluding hydrogens is 330 g/mol. The van der Waals surface area contributed by atoms with Crippen molar-refractivity contribution >= 4 is 5.91 Å². The van der Waals surface area contributed by atoms with E-state index in [0.717, 1.165) is 30.9 Å². The molecule has 0 bridgehead atoms. The molecule has 1 N–H and O–H groups in total. The summed E-state index contributed by atoms with van der Waals surface area (Å²) < 4.78 is 6.89. The largest absolute Gasteiger partial charge is 0.383 e. The Kier molecular flexibility index (Phi) is 6.74. The molecule has 1 saturated heterocycles. The summed E-state index contributed by atoms with van der Waals surface area (Å²) in [5.74, 6) is 0.460. The first-order valence-electron chi connectivity index (χ1n) is 9.17. The molecule has 1 amide bonds. The van der Waals surface area contributed by atoms with Crippen molar-refractivity contribution in [1.82, 2.24) is 25.0 Å². The summed E-state index contributed by atoms with van der Waals surface area (Å²) in [6.07, 6.45) is 5.96. The number of rotatable bonds is 8. The lowest BCUT2D eigenvalue weighted by molar-refractivity contribution is -0.133. The van der Waals surface area contributed by atoms with Crippen LogP contribution in [0, 0.1) is 0 Å². The highest BCUT2D eigenvalue weighted by molar-refractivity contribution is 5.75. The van der Waals surface area contributed by atoms with Crippen LogP contribution in [0.1, 0.15) is 30.1 Å². The molecule has 3 heterocycles. The third-order valence-electron chi connectivity index (χ3n) is 4.67. The Bertz CT molecular complexity index is 682. The van der Waals surface area contributed by atoms with Gasteiger partial charge in [0.15, 0.2) is 0 Å². The van der Waals surface area contributed by atoms with Crippen LogP contribution in [0.15, 0.2) is 36.7 Å². The van der Waals surface area contributed by atoms with Gasteiger partial charge in [0.25, 0.3) is 0 Å². The molecule has 1 aliphatic rings. The van der Waals surface area contributed by atoms with Gasteiger partial charge >= 0.3 is 0 Å². The molecule has 1 fully saturated rings. The molecular formula is C19H27N5O2. The molecule has 0 aliphatic carbocycles. The maximum Gasteiger partial charge on any atom is 0.244 e. The van der Waals surface area contributed by atoms with Crippen LogP contribution in [-0.4, -0.2) is 58.9 Å². The van der Waals surface area contributed by atoms with Crippen molar-refractivity contribution in [3.63, 3.8) is 0 Å². The monoisotopic (exact) mass is 357 g/mol. The van der Waals surface area contributed by atoms with E-state index in [0.29, 0.717) is 25.6 Å². The van der Waals surface area contributed by atoms with Crippen molar-refractivity contribution < 1.29 is 9.53 Å². The summed E-state index contributed by atoms with van der Waals surface area (Å²) in [5, 5.41) is 8.03. The Morgan fingerprint density at radius 3 is 3.08 bits per heavy atom. The minimum atomic E-state index is 0.0177. The summed E-state index contributed by atoms with van der Waals surface area (Å²) in [6, 6.07) is 7.76. The molecule has 0 radical (unpaired) electrons. The molecule has 0 unspecified atom stereocenters. The van der Waals surface area contributed by atoms with E-state index in [1.54, 1.807) is 22.9 Å². The Labute approximate surface area is 154 Å². The molecule has 0 spiro atoms. The second-order valence-electron chi connectivity index (χ2n) is 6.61. The lowest BCUT2D eigenvalue weighted by Crippen LogP contribution is -2.36. The zero-order chi connectivity index (χ0) is 18.2. The van der Waals surface area contributed by atoms with E-state index in [4.69, 9.17) is 4.74 Å². The lowest BCUT2D eigenvalue weighted by atomic mass is 9.97. The van der Waals surface area contributed by atoms with Gasteiger partial charge in [-0.05, 0) is 37.6 Å². The van der Waals surface area contributed by atoms with Gasteiger partial charge in [0.1, 0.15) is 6.54 Å². The van der Waals surface area contributed by atoms with Crippen LogP contribution in [0.3, 0.4) is 0 Å². The van der Waals surface area contributed by atoms with Crippen LogP contribution in [0.5, 0.6) is 0 Å². The zero-order valence-electron chi connectivity index (χ0n) is 15.3. The summed E-state index contributed by atoms with van der Waals surface area (Å²) in [7, 11) is 1.64. The fourth-order valence-corrected chi connectivity index (χ4v) is 3.21. The predicted molar refractivity (Wildman–Crippen MR) is 98.6 cm³/mol. The van der Waals surface area contributed by atoms with Crippen LogP contribution in [0.4, 0.5) is 0 Å². The fourth-order valence-electron chi connectivity index (χ4n) is 3.21. The van der Waals surface area contributed by atoms with Gasteiger partial charge in [0.2, 0.25) is 5.91 Å². The van der Waals surface area contributed by atoms with Gasteiger partial charge in [0, 0.05) is 38.5 Å². The number of carbonyl (C=O) groups is 1. The number of pyridine rings is 1. The number of methoxy groups -OCH3 is 1. The summed E-state index contributed by atoms with van der Waals surface area (Å²) in [5.41, 5.74) is 1.93. The van der Waals surface area contributed by atoms with Crippen molar-refractivity contribution in [1.29, 1.82) is 0 Å². The van der Waals surface area contributed by atoms with Crippen LogP contribution >= 0.6 is 0 Å².